The fourth-order valence-electron chi connectivity index (χ4n) is 1.70. The van der Waals surface area contributed by atoms with E-state index in [0.717, 1.165) is 6.54 Å². The summed E-state index contributed by atoms with van der Waals surface area (Å²) in [7, 11) is 0. The standard InChI is InChI=1S/C13H20N.BrH.Mg/c1-11(2)14(12(3)4)10-13-8-6-5-7-9-13;;/h5-6,8-9,11-12H,10H2,1-4H3;1H;/q-1;;+2/p-1. The maximum Gasteiger partial charge on any atom is 2.00 e. The fourth-order valence-corrected chi connectivity index (χ4v) is 1.70. The van der Waals surface area contributed by atoms with Crippen LogP contribution < -0.4 is 17.0 Å². The van der Waals surface area contributed by atoms with E-state index in [1.807, 2.05) is 12.1 Å². The summed E-state index contributed by atoms with van der Waals surface area (Å²) in [6, 6.07) is 12.5. The Bertz CT molecular complexity index is 254. The van der Waals surface area contributed by atoms with E-state index in [-0.39, 0.29) is 40.0 Å². The third-order valence-electron chi connectivity index (χ3n) is 2.46. The van der Waals surface area contributed by atoms with Crippen molar-refractivity contribution in [1.29, 1.82) is 0 Å². The molecule has 0 amide bonds. The second-order valence-corrected chi connectivity index (χ2v) is 4.27. The predicted octanol–water partition coefficient (Wildman–Crippen LogP) is -0.271. The monoisotopic (exact) mass is 293 g/mol. The van der Waals surface area contributed by atoms with Gasteiger partial charge in [0, 0.05) is 12.1 Å². The molecule has 86 valence electrons. The maximum absolute atomic E-state index is 3.12. The summed E-state index contributed by atoms with van der Waals surface area (Å²) in [5.41, 5.74) is 1.34. The minimum atomic E-state index is 0. The predicted molar refractivity (Wildman–Crippen MR) is 66.8 cm³/mol. The molecular weight excluding hydrogens is 274 g/mol. The van der Waals surface area contributed by atoms with Gasteiger partial charge in [0.25, 0.3) is 0 Å². The van der Waals surface area contributed by atoms with Crippen molar-refractivity contribution < 1.29 is 17.0 Å². The topological polar surface area (TPSA) is 3.24 Å². The van der Waals surface area contributed by atoms with Gasteiger partial charge < -0.3 is 21.9 Å². The molecule has 0 fully saturated rings. The van der Waals surface area contributed by atoms with Gasteiger partial charge in [0.05, 0.1) is 0 Å². The second-order valence-electron chi connectivity index (χ2n) is 4.27. The van der Waals surface area contributed by atoms with Crippen LogP contribution in [-0.2, 0) is 6.54 Å². The smallest absolute Gasteiger partial charge is 1.00 e. The molecule has 0 saturated carbocycles. The minimum absolute atomic E-state index is 0. The van der Waals surface area contributed by atoms with Crippen LogP contribution in [0.15, 0.2) is 24.3 Å². The van der Waals surface area contributed by atoms with Crippen LogP contribution in [0, 0.1) is 6.07 Å². The zero-order chi connectivity index (χ0) is 10.6. The minimum Gasteiger partial charge on any atom is -1.00 e. The summed E-state index contributed by atoms with van der Waals surface area (Å²) in [5.74, 6) is 0. The third-order valence-corrected chi connectivity index (χ3v) is 2.46. The largest absolute Gasteiger partial charge is 2.00 e. The number of benzene rings is 1. The van der Waals surface area contributed by atoms with Gasteiger partial charge in [0.2, 0.25) is 0 Å². The van der Waals surface area contributed by atoms with Crippen LogP contribution in [0.5, 0.6) is 0 Å². The molecule has 0 spiro atoms. The molecule has 1 aromatic rings. The van der Waals surface area contributed by atoms with Gasteiger partial charge in [-0.05, 0) is 34.2 Å². The number of hydrogen-bond acceptors (Lipinski definition) is 1. The van der Waals surface area contributed by atoms with Gasteiger partial charge in [-0.3, -0.25) is 0 Å². The number of hydrogen-bond donors (Lipinski definition) is 0. The van der Waals surface area contributed by atoms with E-state index in [1.54, 1.807) is 0 Å². The van der Waals surface area contributed by atoms with Gasteiger partial charge in [-0.25, -0.2) is 0 Å². The molecule has 0 bridgehead atoms. The average Bonchev–Trinajstić information content (AvgIpc) is 2.15. The van der Waals surface area contributed by atoms with Crippen LogP contribution in [0.3, 0.4) is 0 Å². The van der Waals surface area contributed by atoms with E-state index >= 15 is 0 Å². The van der Waals surface area contributed by atoms with Crippen LogP contribution >= 0.6 is 0 Å². The van der Waals surface area contributed by atoms with Gasteiger partial charge in [-0.2, -0.15) is 30.3 Å². The molecule has 0 aliphatic heterocycles. The van der Waals surface area contributed by atoms with E-state index in [0.29, 0.717) is 12.1 Å². The SMILES string of the molecule is CC(C)N(Cc1c[c-]ccc1)C(C)C.[Br-].[Mg+2]. The Kier molecular flexibility index (Phi) is 11.1. The van der Waals surface area contributed by atoms with Gasteiger partial charge in [0.15, 0.2) is 0 Å². The van der Waals surface area contributed by atoms with Crippen LogP contribution in [0.1, 0.15) is 33.3 Å². The molecule has 0 unspecified atom stereocenters. The summed E-state index contributed by atoms with van der Waals surface area (Å²) < 4.78 is 0. The van der Waals surface area contributed by atoms with Crippen molar-refractivity contribution in [3.05, 3.63) is 35.9 Å². The van der Waals surface area contributed by atoms with Crippen molar-refractivity contribution in [3.8, 4) is 0 Å². The van der Waals surface area contributed by atoms with Crippen molar-refractivity contribution in [2.45, 2.75) is 46.3 Å². The van der Waals surface area contributed by atoms with E-state index in [2.05, 4.69) is 50.8 Å². The molecule has 0 aliphatic carbocycles. The first-order chi connectivity index (χ1) is 6.61. The van der Waals surface area contributed by atoms with Crippen molar-refractivity contribution in [3.63, 3.8) is 0 Å². The van der Waals surface area contributed by atoms with Crippen molar-refractivity contribution in [1.82, 2.24) is 4.90 Å². The van der Waals surface area contributed by atoms with Crippen LogP contribution in [0.4, 0.5) is 0 Å². The molecule has 1 nitrogen and oxygen atoms in total. The fraction of sp³-hybridized carbons (Fsp3) is 0.538. The number of halogens is 1. The molecule has 0 heterocycles. The number of nitrogens with zero attached hydrogens (tertiary/aromatic N) is 1. The summed E-state index contributed by atoms with van der Waals surface area (Å²) >= 11 is 0. The molecule has 0 N–H and O–H groups in total. The molecule has 0 aromatic heterocycles. The summed E-state index contributed by atoms with van der Waals surface area (Å²) in [6.45, 7) is 9.99. The van der Waals surface area contributed by atoms with Crippen molar-refractivity contribution >= 4 is 23.1 Å². The third kappa shape index (κ3) is 6.23. The quantitative estimate of drug-likeness (QED) is 0.546. The first-order valence-corrected chi connectivity index (χ1v) is 5.32. The van der Waals surface area contributed by atoms with E-state index in [9.17, 15) is 0 Å². The number of rotatable bonds is 4. The molecule has 0 aliphatic rings. The zero-order valence-electron chi connectivity index (χ0n) is 10.7. The van der Waals surface area contributed by atoms with Crippen molar-refractivity contribution in [2.24, 2.45) is 0 Å². The molecule has 1 rings (SSSR count). The molecule has 0 radical (unpaired) electrons. The van der Waals surface area contributed by atoms with E-state index in [4.69, 9.17) is 0 Å². The first-order valence-electron chi connectivity index (χ1n) is 5.32. The van der Waals surface area contributed by atoms with Crippen molar-refractivity contribution in [2.75, 3.05) is 0 Å². The molecule has 0 saturated heterocycles. The first kappa shape index (κ1) is 18.8. The Labute approximate surface area is 127 Å². The van der Waals surface area contributed by atoms with Crippen LogP contribution in [0.2, 0.25) is 0 Å². The summed E-state index contributed by atoms with van der Waals surface area (Å²) in [6.07, 6.45) is 0. The normalized spacial score (nSPS) is 10.2. The molecule has 3 heteroatoms. The van der Waals surface area contributed by atoms with Gasteiger partial charge in [0.1, 0.15) is 0 Å². The molecule has 0 atom stereocenters. The molecule has 1 aromatic carbocycles. The van der Waals surface area contributed by atoms with Crippen LogP contribution in [0.25, 0.3) is 0 Å². The molecular formula is C13H20BrMgN. The van der Waals surface area contributed by atoms with Gasteiger partial charge >= 0.3 is 23.1 Å². The van der Waals surface area contributed by atoms with E-state index in [1.165, 1.54) is 5.56 Å². The Morgan fingerprint density at radius 3 is 2.12 bits per heavy atom. The van der Waals surface area contributed by atoms with E-state index < -0.39 is 0 Å². The van der Waals surface area contributed by atoms with Gasteiger partial charge in [-0.1, -0.05) is 0 Å². The Morgan fingerprint density at radius 1 is 1.19 bits per heavy atom. The Balaban J connectivity index is 0. The summed E-state index contributed by atoms with van der Waals surface area (Å²) in [4.78, 5) is 2.48. The maximum atomic E-state index is 3.12. The average molecular weight is 295 g/mol. The van der Waals surface area contributed by atoms with Gasteiger partial charge in [-0.15, -0.1) is 5.56 Å². The van der Waals surface area contributed by atoms with Crippen LogP contribution in [-0.4, -0.2) is 40.0 Å². The second kappa shape index (κ2) is 9.46. The zero-order valence-corrected chi connectivity index (χ0v) is 13.7. The summed E-state index contributed by atoms with van der Waals surface area (Å²) in [5, 5.41) is 0. The Hall–Kier alpha value is 0.426. The Morgan fingerprint density at radius 2 is 1.75 bits per heavy atom. The molecule has 16 heavy (non-hydrogen) atoms.